The molecule has 0 atom stereocenters. The zero-order chi connectivity index (χ0) is 20.9. The fourth-order valence-corrected chi connectivity index (χ4v) is 3.13. The molecule has 2 amide bonds. The first-order chi connectivity index (χ1) is 14.6. The van der Waals surface area contributed by atoms with E-state index in [4.69, 9.17) is 9.47 Å². The van der Waals surface area contributed by atoms with Crippen molar-refractivity contribution in [1.29, 1.82) is 0 Å². The Labute approximate surface area is 174 Å². The average molecular weight is 406 g/mol. The molecule has 1 aliphatic heterocycles. The van der Waals surface area contributed by atoms with Crippen LogP contribution >= 0.6 is 0 Å². The highest BCUT2D eigenvalue weighted by molar-refractivity contribution is 5.94. The van der Waals surface area contributed by atoms with Gasteiger partial charge in [0.15, 0.2) is 0 Å². The second-order valence-electron chi connectivity index (χ2n) is 6.89. The Morgan fingerprint density at radius 3 is 2.77 bits per heavy atom. The molecule has 1 aromatic heterocycles. The number of amides is 2. The molecule has 8 nitrogen and oxygen atoms in total. The van der Waals surface area contributed by atoms with Gasteiger partial charge in [0.2, 0.25) is 0 Å². The van der Waals surface area contributed by atoms with Gasteiger partial charge in [0.05, 0.1) is 6.54 Å². The van der Waals surface area contributed by atoms with Crippen LogP contribution < -0.4 is 15.0 Å². The molecule has 1 N–H and O–H groups in total. The normalized spacial score (nSPS) is 13.2. The number of carbonyl (C=O) groups is 2. The summed E-state index contributed by atoms with van der Waals surface area (Å²) >= 11 is 0. The van der Waals surface area contributed by atoms with Crippen molar-refractivity contribution in [3.63, 3.8) is 0 Å². The summed E-state index contributed by atoms with van der Waals surface area (Å²) in [6.45, 7) is 1.63. The zero-order valence-electron chi connectivity index (χ0n) is 16.6. The number of anilines is 1. The lowest BCUT2D eigenvalue weighted by molar-refractivity contribution is 0.0950. The first-order valence-electron chi connectivity index (χ1n) is 9.60. The van der Waals surface area contributed by atoms with Crippen molar-refractivity contribution in [2.24, 2.45) is 7.05 Å². The number of imidazole rings is 1. The summed E-state index contributed by atoms with van der Waals surface area (Å²) in [4.78, 5) is 30.0. The number of aromatic nitrogens is 2. The van der Waals surface area contributed by atoms with E-state index in [1.165, 1.54) is 0 Å². The van der Waals surface area contributed by atoms with Crippen molar-refractivity contribution >= 4 is 17.7 Å². The minimum absolute atomic E-state index is 0.184. The van der Waals surface area contributed by atoms with Crippen molar-refractivity contribution in [1.82, 2.24) is 14.9 Å². The molecular weight excluding hydrogens is 384 g/mol. The Kier molecular flexibility index (Phi) is 5.65. The minimum atomic E-state index is -0.346. The van der Waals surface area contributed by atoms with Gasteiger partial charge in [-0.15, -0.1) is 0 Å². The summed E-state index contributed by atoms with van der Waals surface area (Å²) < 4.78 is 12.6. The molecule has 0 spiro atoms. The topological polar surface area (TPSA) is 85.7 Å². The number of hydrogen-bond donors (Lipinski definition) is 1. The lowest BCUT2D eigenvalue weighted by Crippen LogP contribution is -2.24. The van der Waals surface area contributed by atoms with E-state index < -0.39 is 0 Å². The highest BCUT2D eigenvalue weighted by Gasteiger charge is 2.23. The second-order valence-corrected chi connectivity index (χ2v) is 6.89. The van der Waals surface area contributed by atoms with Gasteiger partial charge in [-0.2, -0.15) is 0 Å². The molecule has 1 saturated heterocycles. The summed E-state index contributed by atoms with van der Waals surface area (Å²) in [5.41, 5.74) is 2.20. The van der Waals surface area contributed by atoms with Gasteiger partial charge < -0.3 is 19.4 Å². The largest absolute Gasteiger partial charge is 0.486 e. The molecule has 2 heterocycles. The summed E-state index contributed by atoms with van der Waals surface area (Å²) in [7, 11) is 1.91. The molecule has 0 radical (unpaired) electrons. The Balaban J connectivity index is 1.32. The van der Waals surface area contributed by atoms with Crippen molar-refractivity contribution in [3.05, 3.63) is 77.9 Å². The van der Waals surface area contributed by atoms with Crippen LogP contribution in [0.1, 0.15) is 21.7 Å². The van der Waals surface area contributed by atoms with Crippen LogP contribution in [0.3, 0.4) is 0 Å². The first kappa shape index (κ1) is 19.5. The van der Waals surface area contributed by atoms with E-state index in [1.54, 1.807) is 35.4 Å². The second kappa shape index (κ2) is 8.69. The number of nitrogens with zero attached hydrogens (tertiary/aromatic N) is 3. The number of benzene rings is 2. The summed E-state index contributed by atoms with van der Waals surface area (Å²) in [5, 5.41) is 2.90. The molecule has 4 rings (SSSR count). The number of nitrogens with one attached hydrogen (secondary N) is 1. The Bertz CT molecular complexity index is 1050. The smallest absolute Gasteiger partial charge is 0.414 e. The molecule has 30 heavy (non-hydrogen) atoms. The molecule has 8 heteroatoms. The Hall–Kier alpha value is -3.81. The van der Waals surface area contributed by atoms with E-state index in [2.05, 4.69) is 10.3 Å². The number of carbonyl (C=O) groups excluding carboxylic acids is 2. The molecule has 0 saturated carbocycles. The maximum atomic E-state index is 12.5. The van der Waals surface area contributed by atoms with Crippen molar-refractivity contribution in [3.8, 4) is 5.75 Å². The molecule has 0 bridgehead atoms. The SMILES string of the molecule is Cn1ccnc1COc1ccc(C(=O)NCc2cccc(N3CCOC3=O)c2)cc1. The van der Waals surface area contributed by atoms with Crippen molar-refractivity contribution in [2.75, 3.05) is 18.1 Å². The van der Waals surface area contributed by atoms with Gasteiger partial charge in [-0.3, -0.25) is 9.69 Å². The fourth-order valence-electron chi connectivity index (χ4n) is 3.13. The molecule has 0 unspecified atom stereocenters. The van der Waals surface area contributed by atoms with Gasteiger partial charge in [0, 0.05) is 37.2 Å². The van der Waals surface area contributed by atoms with Crippen LogP contribution in [0.4, 0.5) is 10.5 Å². The molecular formula is C22H22N4O4. The fraction of sp³-hybridized carbons (Fsp3) is 0.227. The van der Waals surface area contributed by atoms with E-state index in [0.29, 0.717) is 37.6 Å². The Morgan fingerprint density at radius 2 is 2.07 bits per heavy atom. The molecule has 2 aromatic carbocycles. The number of hydrogen-bond acceptors (Lipinski definition) is 5. The Morgan fingerprint density at radius 1 is 1.23 bits per heavy atom. The molecule has 0 aliphatic carbocycles. The van der Waals surface area contributed by atoms with E-state index in [9.17, 15) is 9.59 Å². The van der Waals surface area contributed by atoms with Crippen LogP contribution in [0.15, 0.2) is 60.9 Å². The van der Waals surface area contributed by atoms with Crippen molar-refractivity contribution < 1.29 is 19.1 Å². The predicted molar refractivity (Wildman–Crippen MR) is 110 cm³/mol. The van der Waals surface area contributed by atoms with Gasteiger partial charge in [-0.05, 0) is 42.0 Å². The minimum Gasteiger partial charge on any atom is -0.486 e. The lowest BCUT2D eigenvalue weighted by Gasteiger charge is -2.14. The number of aryl methyl sites for hydroxylation is 1. The van der Waals surface area contributed by atoms with E-state index >= 15 is 0 Å². The number of ether oxygens (including phenoxy) is 2. The quantitative estimate of drug-likeness (QED) is 0.652. The predicted octanol–water partition coefficient (Wildman–Crippen LogP) is 2.89. The maximum Gasteiger partial charge on any atom is 0.414 e. The standard InChI is InChI=1S/C22H22N4O4/c1-25-10-9-23-20(25)15-30-19-7-5-17(6-8-19)21(27)24-14-16-3-2-4-18(13-16)26-11-12-29-22(26)28/h2-10,13H,11-12,14-15H2,1H3,(H,24,27). The molecule has 1 aliphatic rings. The van der Waals surface area contributed by atoms with Gasteiger partial charge >= 0.3 is 6.09 Å². The van der Waals surface area contributed by atoms with Gasteiger partial charge in [0.1, 0.15) is 24.8 Å². The third-order valence-electron chi connectivity index (χ3n) is 4.84. The molecule has 1 fully saturated rings. The summed E-state index contributed by atoms with van der Waals surface area (Å²) in [5.74, 6) is 1.30. The van der Waals surface area contributed by atoms with Crippen LogP contribution in [-0.4, -0.2) is 34.7 Å². The van der Waals surface area contributed by atoms with Crippen LogP contribution in [0.2, 0.25) is 0 Å². The zero-order valence-corrected chi connectivity index (χ0v) is 16.6. The third kappa shape index (κ3) is 4.43. The number of rotatable bonds is 7. The van der Waals surface area contributed by atoms with Gasteiger partial charge in [0.25, 0.3) is 5.91 Å². The number of cyclic esters (lactones) is 1. The van der Waals surface area contributed by atoms with Gasteiger partial charge in [-0.25, -0.2) is 9.78 Å². The first-order valence-corrected chi connectivity index (χ1v) is 9.60. The van der Waals surface area contributed by atoms with Crippen LogP contribution in [0.5, 0.6) is 5.75 Å². The van der Waals surface area contributed by atoms with E-state index in [-0.39, 0.29) is 12.0 Å². The highest BCUT2D eigenvalue weighted by atomic mass is 16.6. The molecule has 154 valence electrons. The third-order valence-corrected chi connectivity index (χ3v) is 4.84. The summed E-state index contributed by atoms with van der Waals surface area (Å²) in [6.07, 6.45) is 3.23. The monoisotopic (exact) mass is 406 g/mol. The van der Waals surface area contributed by atoms with Crippen molar-refractivity contribution in [2.45, 2.75) is 13.2 Å². The lowest BCUT2D eigenvalue weighted by atomic mass is 10.1. The van der Waals surface area contributed by atoms with Gasteiger partial charge in [-0.1, -0.05) is 12.1 Å². The summed E-state index contributed by atoms with van der Waals surface area (Å²) in [6, 6.07) is 14.5. The highest BCUT2D eigenvalue weighted by Crippen LogP contribution is 2.20. The van der Waals surface area contributed by atoms with Crippen LogP contribution in [0, 0.1) is 0 Å². The van der Waals surface area contributed by atoms with E-state index in [1.807, 2.05) is 42.1 Å². The average Bonchev–Trinajstić information content (AvgIpc) is 3.39. The van der Waals surface area contributed by atoms with Crippen LogP contribution in [-0.2, 0) is 24.9 Å². The van der Waals surface area contributed by atoms with Crippen LogP contribution in [0.25, 0.3) is 0 Å². The van der Waals surface area contributed by atoms with E-state index in [0.717, 1.165) is 17.1 Å². The molecule has 3 aromatic rings. The maximum absolute atomic E-state index is 12.5.